The first-order valence-electron chi connectivity index (χ1n) is 12.1. The average Bonchev–Trinajstić information content (AvgIpc) is 3.35. The second-order valence-electron chi connectivity index (χ2n) is 8.57. The molecule has 178 valence electrons. The molecule has 5 heteroatoms. The van der Waals surface area contributed by atoms with Crippen LogP contribution < -0.4 is 14.4 Å². The fraction of sp³-hybridized carbons (Fsp3) is 0.161. The summed E-state index contributed by atoms with van der Waals surface area (Å²) in [5, 5.41) is 12.1. The lowest BCUT2D eigenvalue weighted by atomic mass is 10.1. The standard InChI is InChI=1S/C31H26N2O3/c1-2-35-30-19-22(18-26(20-32)31(34)33-17-16-24-9-4-6-13-28(24)33)14-15-29(30)36-21-25-11-7-10-23-8-3-5-12-27(23)25/h3-15,18-19H,2,16-17,21H2,1H3. The van der Waals surface area contributed by atoms with Crippen LogP contribution in [0.3, 0.4) is 0 Å². The van der Waals surface area contributed by atoms with Crippen LogP contribution in [0.15, 0.2) is 90.5 Å². The Hall–Kier alpha value is -4.56. The maximum absolute atomic E-state index is 13.2. The minimum Gasteiger partial charge on any atom is -0.490 e. The van der Waals surface area contributed by atoms with Crippen LogP contribution in [0.5, 0.6) is 11.5 Å². The number of amides is 1. The summed E-state index contributed by atoms with van der Waals surface area (Å²) in [5.41, 5.74) is 3.86. The van der Waals surface area contributed by atoms with Crippen molar-refractivity contribution in [2.75, 3.05) is 18.1 Å². The molecule has 1 amide bonds. The zero-order chi connectivity index (χ0) is 24.9. The molecule has 5 rings (SSSR count). The molecule has 0 aliphatic carbocycles. The quantitative estimate of drug-likeness (QED) is 0.232. The topological polar surface area (TPSA) is 62.6 Å². The highest BCUT2D eigenvalue weighted by Gasteiger charge is 2.26. The summed E-state index contributed by atoms with van der Waals surface area (Å²) in [5.74, 6) is 0.889. The molecule has 0 saturated heterocycles. The number of rotatable bonds is 7. The van der Waals surface area contributed by atoms with Gasteiger partial charge >= 0.3 is 0 Å². The summed E-state index contributed by atoms with van der Waals surface area (Å²) >= 11 is 0. The highest BCUT2D eigenvalue weighted by atomic mass is 16.5. The molecule has 0 bridgehead atoms. The number of hydrogen-bond donors (Lipinski definition) is 0. The number of nitriles is 1. The van der Waals surface area contributed by atoms with Crippen LogP contribution in [0.4, 0.5) is 5.69 Å². The number of fused-ring (bicyclic) bond motifs is 2. The Bertz CT molecular complexity index is 1490. The zero-order valence-corrected chi connectivity index (χ0v) is 20.1. The molecule has 0 unspecified atom stereocenters. The number of ether oxygens (including phenoxy) is 2. The Balaban J connectivity index is 1.38. The smallest absolute Gasteiger partial charge is 0.268 e. The van der Waals surface area contributed by atoms with Gasteiger partial charge in [0.15, 0.2) is 11.5 Å². The molecule has 1 aliphatic heterocycles. The van der Waals surface area contributed by atoms with Gasteiger partial charge in [0.1, 0.15) is 18.2 Å². The number of hydrogen-bond acceptors (Lipinski definition) is 4. The van der Waals surface area contributed by atoms with Gasteiger partial charge in [-0.15, -0.1) is 0 Å². The average molecular weight is 475 g/mol. The maximum Gasteiger partial charge on any atom is 0.268 e. The second kappa shape index (κ2) is 10.4. The van der Waals surface area contributed by atoms with Crippen molar-refractivity contribution in [2.45, 2.75) is 20.0 Å². The number of para-hydroxylation sites is 1. The summed E-state index contributed by atoms with van der Waals surface area (Å²) in [6.07, 6.45) is 2.40. The van der Waals surface area contributed by atoms with E-state index >= 15 is 0 Å². The van der Waals surface area contributed by atoms with E-state index < -0.39 is 0 Å². The van der Waals surface area contributed by atoms with Crippen LogP contribution in [-0.4, -0.2) is 19.1 Å². The fourth-order valence-electron chi connectivity index (χ4n) is 4.58. The first-order chi connectivity index (χ1) is 17.7. The van der Waals surface area contributed by atoms with Gasteiger partial charge in [-0.2, -0.15) is 5.26 Å². The van der Waals surface area contributed by atoms with Crippen LogP contribution in [0.1, 0.15) is 23.6 Å². The van der Waals surface area contributed by atoms with Crippen molar-refractivity contribution in [1.29, 1.82) is 5.26 Å². The van der Waals surface area contributed by atoms with E-state index in [-0.39, 0.29) is 11.5 Å². The highest BCUT2D eigenvalue weighted by molar-refractivity contribution is 6.12. The summed E-state index contributed by atoms with van der Waals surface area (Å²) in [6.45, 7) is 3.34. The van der Waals surface area contributed by atoms with Crippen molar-refractivity contribution < 1.29 is 14.3 Å². The lowest BCUT2D eigenvalue weighted by Crippen LogP contribution is -2.29. The summed E-state index contributed by atoms with van der Waals surface area (Å²) in [4.78, 5) is 14.8. The van der Waals surface area contributed by atoms with Crippen molar-refractivity contribution in [1.82, 2.24) is 0 Å². The first-order valence-corrected chi connectivity index (χ1v) is 12.1. The molecular weight excluding hydrogens is 448 g/mol. The minimum atomic E-state index is -0.295. The van der Waals surface area contributed by atoms with E-state index in [4.69, 9.17) is 9.47 Å². The van der Waals surface area contributed by atoms with Crippen LogP contribution in [0.2, 0.25) is 0 Å². The normalized spacial score (nSPS) is 12.8. The number of nitrogens with zero attached hydrogens (tertiary/aromatic N) is 2. The van der Waals surface area contributed by atoms with Crippen molar-refractivity contribution in [3.05, 3.63) is 107 Å². The molecule has 0 fully saturated rings. The molecule has 36 heavy (non-hydrogen) atoms. The molecule has 0 atom stereocenters. The van der Waals surface area contributed by atoms with Crippen LogP contribution >= 0.6 is 0 Å². The van der Waals surface area contributed by atoms with Gasteiger partial charge in [0.25, 0.3) is 5.91 Å². The van der Waals surface area contributed by atoms with Crippen molar-refractivity contribution >= 4 is 28.4 Å². The Morgan fingerprint density at radius 3 is 2.64 bits per heavy atom. The van der Waals surface area contributed by atoms with Crippen LogP contribution in [0.25, 0.3) is 16.8 Å². The molecule has 1 aliphatic rings. The van der Waals surface area contributed by atoms with Gasteiger partial charge in [-0.25, -0.2) is 0 Å². The third-order valence-electron chi connectivity index (χ3n) is 6.32. The molecule has 0 N–H and O–H groups in total. The highest BCUT2D eigenvalue weighted by Crippen LogP contribution is 2.32. The summed E-state index contributed by atoms with van der Waals surface area (Å²) < 4.78 is 12.0. The van der Waals surface area contributed by atoms with Gasteiger partial charge in [0, 0.05) is 12.2 Å². The van der Waals surface area contributed by atoms with E-state index in [1.54, 1.807) is 11.0 Å². The molecule has 0 aromatic heterocycles. The molecule has 0 radical (unpaired) electrons. The zero-order valence-electron chi connectivity index (χ0n) is 20.1. The predicted octanol–water partition coefficient (Wildman–Crippen LogP) is 6.31. The van der Waals surface area contributed by atoms with Gasteiger partial charge in [0.05, 0.1) is 6.61 Å². The summed E-state index contributed by atoms with van der Waals surface area (Å²) in [7, 11) is 0. The van der Waals surface area contributed by atoms with Crippen molar-refractivity contribution in [3.63, 3.8) is 0 Å². The second-order valence-corrected chi connectivity index (χ2v) is 8.57. The van der Waals surface area contributed by atoms with E-state index in [0.29, 0.717) is 36.8 Å². The Morgan fingerprint density at radius 1 is 0.972 bits per heavy atom. The molecule has 0 saturated carbocycles. The van der Waals surface area contributed by atoms with Crippen LogP contribution in [0, 0.1) is 11.3 Å². The number of carbonyl (C=O) groups excluding carboxylic acids is 1. The van der Waals surface area contributed by atoms with Crippen molar-refractivity contribution in [3.8, 4) is 17.6 Å². The molecule has 4 aromatic carbocycles. The summed E-state index contributed by atoms with van der Waals surface area (Å²) in [6, 6.07) is 29.8. The number of anilines is 1. The predicted molar refractivity (Wildman–Crippen MR) is 142 cm³/mol. The van der Waals surface area contributed by atoms with Gasteiger partial charge in [0.2, 0.25) is 0 Å². The Kier molecular flexibility index (Phi) is 6.68. The molecule has 0 spiro atoms. The monoisotopic (exact) mass is 474 g/mol. The third-order valence-corrected chi connectivity index (χ3v) is 6.32. The molecular formula is C31H26N2O3. The number of carbonyl (C=O) groups is 1. The van der Waals surface area contributed by atoms with E-state index in [1.807, 2.05) is 67.6 Å². The van der Waals surface area contributed by atoms with Gasteiger partial charge in [-0.1, -0.05) is 66.7 Å². The lowest BCUT2D eigenvalue weighted by molar-refractivity contribution is -0.114. The van der Waals surface area contributed by atoms with Gasteiger partial charge < -0.3 is 14.4 Å². The van der Waals surface area contributed by atoms with Crippen molar-refractivity contribution in [2.24, 2.45) is 0 Å². The first kappa shape index (κ1) is 23.2. The SMILES string of the molecule is CCOc1cc(C=C(C#N)C(=O)N2CCc3ccccc32)ccc1OCc1cccc2ccccc12. The van der Waals surface area contributed by atoms with E-state index in [9.17, 15) is 10.1 Å². The van der Waals surface area contributed by atoms with E-state index in [2.05, 4.69) is 30.3 Å². The van der Waals surface area contributed by atoms with Gasteiger partial charge in [-0.05, 0) is 65.1 Å². The van der Waals surface area contributed by atoms with Crippen LogP contribution in [-0.2, 0) is 17.8 Å². The Labute approximate surface area is 210 Å². The van der Waals surface area contributed by atoms with E-state index in [0.717, 1.165) is 28.6 Å². The molecule has 5 nitrogen and oxygen atoms in total. The Morgan fingerprint density at radius 2 is 1.78 bits per heavy atom. The fourth-order valence-corrected chi connectivity index (χ4v) is 4.58. The number of benzene rings is 4. The van der Waals surface area contributed by atoms with Gasteiger partial charge in [-0.3, -0.25) is 4.79 Å². The maximum atomic E-state index is 13.2. The minimum absolute atomic E-state index is 0.0820. The molecule has 1 heterocycles. The lowest BCUT2D eigenvalue weighted by Gasteiger charge is -2.17. The van der Waals surface area contributed by atoms with E-state index in [1.165, 1.54) is 5.39 Å². The largest absolute Gasteiger partial charge is 0.490 e. The third kappa shape index (κ3) is 4.67. The molecule has 4 aromatic rings.